The fourth-order valence-electron chi connectivity index (χ4n) is 1.95. The zero-order valence-electron chi connectivity index (χ0n) is 11.6. The minimum atomic E-state index is 0.650. The first-order valence-corrected chi connectivity index (χ1v) is 6.73. The highest BCUT2D eigenvalue weighted by Crippen LogP contribution is 2.26. The van der Waals surface area contributed by atoms with E-state index >= 15 is 0 Å². The summed E-state index contributed by atoms with van der Waals surface area (Å²) in [7, 11) is 0. The predicted octanol–water partition coefficient (Wildman–Crippen LogP) is 2.90. The van der Waals surface area contributed by atoms with Crippen LogP contribution < -0.4 is 10.5 Å². The molecule has 1 heterocycles. The number of hydrogen-bond acceptors (Lipinski definition) is 3. The van der Waals surface area contributed by atoms with Gasteiger partial charge in [-0.15, -0.1) is 0 Å². The van der Waals surface area contributed by atoms with Crippen LogP contribution in [0.25, 0.3) is 0 Å². The van der Waals surface area contributed by atoms with Crippen LogP contribution in [0.1, 0.15) is 24.5 Å². The van der Waals surface area contributed by atoms with E-state index in [1.54, 1.807) is 6.20 Å². The van der Waals surface area contributed by atoms with Gasteiger partial charge in [0.15, 0.2) is 5.75 Å². The second-order valence-electron chi connectivity index (χ2n) is 4.68. The number of ether oxygens (including phenoxy) is 1. The number of aryl methyl sites for hydroxylation is 2. The molecule has 0 aliphatic rings. The van der Waals surface area contributed by atoms with Crippen LogP contribution in [0.15, 0.2) is 30.6 Å². The van der Waals surface area contributed by atoms with Crippen molar-refractivity contribution in [1.29, 1.82) is 0 Å². The molecule has 0 amide bonds. The second-order valence-corrected chi connectivity index (χ2v) is 4.68. The van der Waals surface area contributed by atoms with Gasteiger partial charge in [-0.3, -0.25) is 4.68 Å². The lowest BCUT2D eigenvalue weighted by Gasteiger charge is -2.08. The first kappa shape index (κ1) is 13.6. The highest BCUT2D eigenvalue weighted by Gasteiger charge is 2.05. The van der Waals surface area contributed by atoms with E-state index in [0.29, 0.717) is 6.54 Å². The summed E-state index contributed by atoms with van der Waals surface area (Å²) in [6.45, 7) is 5.73. The molecule has 19 heavy (non-hydrogen) atoms. The van der Waals surface area contributed by atoms with Crippen molar-refractivity contribution in [3.63, 3.8) is 0 Å². The van der Waals surface area contributed by atoms with E-state index in [1.165, 1.54) is 5.56 Å². The normalized spacial score (nSPS) is 10.7. The van der Waals surface area contributed by atoms with E-state index in [4.69, 9.17) is 10.5 Å². The molecule has 0 bridgehead atoms. The summed E-state index contributed by atoms with van der Waals surface area (Å²) in [4.78, 5) is 0. The number of rotatable bonds is 6. The van der Waals surface area contributed by atoms with Gasteiger partial charge < -0.3 is 10.5 Å². The van der Waals surface area contributed by atoms with Gasteiger partial charge in [0.25, 0.3) is 0 Å². The Morgan fingerprint density at radius 2 is 2.21 bits per heavy atom. The number of aromatic nitrogens is 2. The van der Waals surface area contributed by atoms with Gasteiger partial charge in [0, 0.05) is 6.54 Å². The molecular formula is C15H21N3O. The molecule has 0 atom stereocenters. The molecule has 0 aliphatic heterocycles. The summed E-state index contributed by atoms with van der Waals surface area (Å²) < 4.78 is 7.80. The Hall–Kier alpha value is -1.81. The van der Waals surface area contributed by atoms with Crippen LogP contribution in [-0.4, -0.2) is 16.3 Å². The zero-order valence-corrected chi connectivity index (χ0v) is 11.6. The van der Waals surface area contributed by atoms with Crippen LogP contribution in [0.5, 0.6) is 11.5 Å². The maximum absolute atomic E-state index is 5.90. The van der Waals surface area contributed by atoms with Crippen LogP contribution in [-0.2, 0) is 13.0 Å². The molecule has 0 aliphatic carbocycles. The SMILES string of the molecule is CCCn1cc(Oc2cc(CCN)ccc2C)cn1. The number of nitrogens with two attached hydrogens (primary N) is 1. The summed E-state index contributed by atoms with van der Waals surface area (Å²) in [5.41, 5.74) is 7.90. The topological polar surface area (TPSA) is 53.1 Å². The van der Waals surface area contributed by atoms with Gasteiger partial charge in [0.2, 0.25) is 0 Å². The fraction of sp³-hybridized carbons (Fsp3) is 0.400. The minimum Gasteiger partial charge on any atom is -0.454 e. The summed E-state index contributed by atoms with van der Waals surface area (Å²) in [5.74, 6) is 1.66. The summed E-state index contributed by atoms with van der Waals surface area (Å²) in [6.07, 6.45) is 5.61. The molecule has 102 valence electrons. The lowest BCUT2D eigenvalue weighted by molar-refractivity contribution is 0.476. The molecule has 0 saturated heterocycles. The second kappa shape index (κ2) is 6.38. The largest absolute Gasteiger partial charge is 0.454 e. The number of benzene rings is 1. The molecule has 1 aromatic carbocycles. The molecule has 0 unspecified atom stereocenters. The van der Waals surface area contributed by atoms with Gasteiger partial charge in [-0.1, -0.05) is 19.1 Å². The van der Waals surface area contributed by atoms with E-state index in [2.05, 4.69) is 30.2 Å². The van der Waals surface area contributed by atoms with Crippen molar-refractivity contribution in [2.45, 2.75) is 33.2 Å². The van der Waals surface area contributed by atoms with Crippen molar-refractivity contribution in [3.05, 3.63) is 41.7 Å². The third-order valence-electron chi connectivity index (χ3n) is 2.98. The number of hydrogen-bond donors (Lipinski definition) is 1. The van der Waals surface area contributed by atoms with E-state index in [0.717, 1.165) is 36.4 Å². The Labute approximate surface area is 114 Å². The first-order valence-electron chi connectivity index (χ1n) is 6.73. The van der Waals surface area contributed by atoms with E-state index in [9.17, 15) is 0 Å². The molecule has 1 aromatic heterocycles. The molecule has 0 fully saturated rings. The van der Waals surface area contributed by atoms with Crippen molar-refractivity contribution in [3.8, 4) is 11.5 Å². The van der Waals surface area contributed by atoms with Crippen molar-refractivity contribution in [2.75, 3.05) is 6.54 Å². The van der Waals surface area contributed by atoms with Crippen molar-refractivity contribution in [2.24, 2.45) is 5.73 Å². The maximum atomic E-state index is 5.90. The van der Waals surface area contributed by atoms with Crippen LogP contribution in [0, 0.1) is 6.92 Å². The van der Waals surface area contributed by atoms with Gasteiger partial charge in [-0.05, 0) is 43.5 Å². The van der Waals surface area contributed by atoms with Gasteiger partial charge in [0.1, 0.15) is 5.75 Å². The minimum absolute atomic E-state index is 0.650. The predicted molar refractivity (Wildman–Crippen MR) is 76.5 cm³/mol. The molecule has 2 rings (SSSR count). The first-order chi connectivity index (χ1) is 9.22. The van der Waals surface area contributed by atoms with Gasteiger partial charge in [-0.2, -0.15) is 5.10 Å². The third-order valence-corrected chi connectivity index (χ3v) is 2.98. The maximum Gasteiger partial charge on any atom is 0.165 e. The van der Waals surface area contributed by atoms with E-state index in [1.807, 2.05) is 17.8 Å². The van der Waals surface area contributed by atoms with E-state index < -0.39 is 0 Å². The standard InChI is InChI=1S/C15H21N3O/c1-3-8-18-11-14(10-17-18)19-15-9-13(6-7-16)5-4-12(15)2/h4-5,9-11H,3,6-8,16H2,1-2H3. The molecule has 4 heteroatoms. The average molecular weight is 259 g/mol. The Morgan fingerprint density at radius 3 is 2.95 bits per heavy atom. The lowest BCUT2D eigenvalue weighted by Crippen LogP contribution is -2.02. The summed E-state index contributed by atoms with van der Waals surface area (Å²) in [5, 5.41) is 4.26. The fourth-order valence-corrected chi connectivity index (χ4v) is 1.95. The molecule has 0 radical (unpaired) electrons. The third kappa shape index (κ3) is 3.58. The number of nitrogens with zero attached hydrogens (tertiary/aromatic N) is 2. The molecule has 0 spiro atoms. The Morgan fingerprint density at radius 1 is 1.37 bits per heavy atom. The monoisotopic (exact) mass is 259 g/mol. The molecule has 2 aromatic rings. The van der Waals surface area contributed by atoms with Crippen molar-refractivity contribution < 1.29 is 4.74 Å². The van der Waals surface area contributed by atoms with Crippen LogP contribution in [0.4, 0.5) is 0 Å². The zero-order chi connectivity index (χ0) is 13.7. The van der Waals surface area contributed by atoms with Crippen LogP contribution in [0.3, 0.4) is 0 Å². The molecule has 4 nitrogen and oxygen atoms in total. The van der Waals surface area contributed by atoms with Gasteiger partial charge >= 0.3 is 0 Å². The van der Waals surface area contributed by atoms with E-state index in [-0.39, 0.29) is 0 Å². The average Bonchev–Trinajstić information content (AvgIpc) is 2.82. The lowest BCUT2D eigenvalue weighted by atomic mass is 10.1. The van der Waals surface area contributed by atoms with Crippen LogP contribution in [0.2, 0.25) is 0 Å². The highest BCUT2D eigenvalue weighted by atomic mass is 16.5. The Kier molecular flexibility index (Phi) is 4.58. The van der Waals surface area contributed by atoms with Crippen molar-refractivity contribution in [1.82, 2.24) is 9.78 Å². The Balaban J connectivity index is 2.14. The molecule has 2 N–H and O–H groups in total. The van der Waals surface area contributed by atoms with Crippen molar-refractivity contribution >= 4 is 0 Å². The highest BCUT2D eigenvalue weighted by molar-refractivity contribution is 5.39. The molecule has 0 saturated carbocycles. The Bertz CT molecular complexity index is 534. The molecular weight excluding hydrogens is 238 g/mol. The smallest absolute Gasteiger partial charge is 0.165 e. The van der Waals surface area contributed by atoms with Crippen LogP contribution >= 0.6 is 0 Å². The van der Waals surface area contributed by atoms with Gasteiger partial charge in [0.05, 0.1) is 12.4 Å². The summed E-state index contributed by atoms with van der Waals surface area (Å²) in [6, 6.07) is 6.21. The summed E-state index contributed by atoms with van der Waals surface area (Å²) >= 11 is 0. The quantitative estimate of drug-likeness (QED) is 0.867. The van der Waals surface area contributed by atoms with Gasteiger partial charge in [-0.25, -0.2) is 0 Å².